The molecule has 0 aliphatic heterocycles. The van der Waals surface area contributed by atoms with Gasteiger partial charge in [-0.2, -0.15) is 0 Å². The fourth-order valence-corrected chi connectivity index (χ4v) is 2.70. The predicted octanol–water partition coefficient (Wildman–Crippen LogP) is 3.61. The Balaban J connectivity index is 2.10. The van der Waals surface area contributed by atoms with Gasteiger partial charge >= 0.3 is 5.97 Å². The van der Waals surface area contributed by atoms with Crippen LogP contribution < -0.4 is 0 Å². The van der Waals surface area contributed by atoms with Gasteiger partial charge in [-0.3, -0.25) is 4.79 Å². The van der Waals surface area contributed by atoms with Crippen LogP contribution in [0.25, 0.3) is 0 Å². The van der Waals surface area contributed by atoms with Crippen LogP contribution in [-0.2, 0) is 11.2 Å². The van der Waals surface area contributed by atoms with E-state index in [1.54, 1.807) is 11.8 Å². The van der Waals surface area contributed by atoms with Crippen LogP contribution in [0.2, 0.25) is 0 Å². The summed E-state index contributed by atoms with van der Waals surface area (Å²) in [6.07, 6.45) is 4.01. The number of thioether (sulfide) groups is 1. The Morgan fingerprint density at radius 3 is 2.59 bits per heavy atom. The topological polar surface area (TPSA) is 37.3 Å². The molecule has 3 heteroatoms. The fraction of sp³-hybridized carbons (Fsp3) is 0.500. The van der Waals surface area contributed by atoms with Gasteiger partial charge in [0.25, 0.3) is 0 Å². The van der Waals surface area contributed by atoms with E-state index in [1.165, 1.54) is 5.56 Å². The monoisotopic (exact) mass is 252 g/mol. The molecular formula is C14H20O2S. The van der Waals surface area contributed by atoms with Crippen LogP contribution in [0, 0.1) is 0 Å². The van der Waals surface area contributed by atoms with E-state index in [-0.39, 0.29) is 5.25 Å². The highest BCUT2D eigenvalue weighted by molar-refractivity contribution is 8.00. The van der Waals surface area contributed by atoms with Gasteiger partial charge in [-0.15, -0.1) is 11.8 Å². The Labute approximate surface area is 107 Å². The van der Waals surface area contributed by atoms with Crippen LogP contribution in [-0.4, -0.2) is 22.1 Å². The summed E-state index contributed by atoms with van der Waals surface area (Å²) in [5.74, 6) is 0.262. The highest BCUT2D eigenvalue weighted by atomic mass is 32.2. The third kappa shape index (κ3) is 5.78. The van der Waals surface area contributed by atoms with Gasteiger partial charge in [0.2, 0.25) is 0 Å². The zero-order chi connectivity index (χ0) is 12.5. The Morgan fingerprint density at radius 1 is 1.29 bits per heavy atom. The smallest absolute Gasteiger partial charge is 0.316 e. The van der Waals surface area contributed by atoms with Gasteiger partial charge < -0.3 is 5.11 Å². The van der Waals surface area contributed by atoms with Crippen LogP contribution in [0.4, 0.5) is 0 Å². The quantitative estimate of drug-likeness (QED) is 0.718. The molecule has 0 saturated carbocycles. The minimum Gasteiger partial charge on any atom is -0.480 e. The highest BCUT2D eigenvalue weighted by Crippen LogP contribution is 2.17. The van der Waals surface area contributed by atoms with Gasteiger partial charge in [0.1, 0.15) is 5.25 Å². The maximum Gasteiger partial charge on any atom is 0.316 e. The van der Waals surface area contributed by atoms with Crippen molar-refractivity contribution < 1.29 is 9.90 Å². The summed E-state index contributed by atoms with van der Waals surface area (Å²) in [4.78, 5) is 10.8. The van der Waals surface area contributed by atoms with Gasteiger partial charge in [-0.25, -0.2) is 0 Å². The molecule has 0 radical (unpaired) electrons. The third-order valence-corrected chi connectivity index (χ3v) is 4.13. The summed E-state index contributed by atoms with van der Waals surface area (Å²) >= 11 is 1.57. The standard InChI is InChI=1S/C14H20O2S/c1-2-13(14(15)16)17-11-7-6-10-12-8-4-3-5-9-12/h3-5,8-9,13H,2,6-7,10-11H2,1H3,(H,15,16). The highest BCUT2D eigenvalue weighted by Gasteiger charge is 2.14. The minimum absolute atomic E-state index is 0.230. The fourth-order valence-electron chi connectivity index (χ4n) is 1.67. The van der Waals surface area contributed by atoms with Crippen LogP contribution in [0.5, 0.6) is 0 Å². The maximum absolute atomic E-state index is 10.8. The van der Waals surface area contributed by atoms with Gasteiger partial charge in [0.05, 0.1) is 0 Å². The largest absolute Gasteiger partial charge is 0.480 e. The lowest BCUT2D eigenvalue weighted by Crippen LogP contribution is -2.15. The number of carbonyl (C=O) groups is 1. The molecule has 1 rings (SSSR count). The summed E-state index contributed by atoms with van der Waals surface area (Å²) in [7, 11) is 0. The van der Waals surface area contributed by atoms with Gasteiger partial charge in [0, 0.05) is 0 Å². The second-order valence-corrected chi connectivity index (χ2v) is 5.36. The van der Waals surface area contributed by atoms with E-state index >= 15 is 0 Å². The Hall–Kier alpha value is -0.960. The average molecular weight is 252 g/mol. The van der Waals surface area contributed by atoms with Crippen LogP contribution in [0.3, 0.4) is 0 Å². The van der Waals surface area contributed by atoms with Crippen LogP contribution >= 0.6 is 11.8 Å². The van der Waals surface area contributed by atoms with E-state index in [4.69, 9.17) is 5.11 Å². The van der Waals surface area contributed by atoms with E-state index in [9.17, 15) is 4.79 Å². The molecule has 0 saturated heterocycles. The second kappa shape index (κ2) is 8.18. The summed E-state index contributed by atoms with van der Waals surface area (Å²) in [5.41, 5.74) is 1.36. The summed E-state index contributed by atoms with van der Waals surface area (Å²) in [6.45, 7) is 1.93. The molecule has 1 aromatic carbocycles. The number of hydrogen-bond donors (Lipinski definition) is 1. The first kappa shape index (κ1) is 14.1. The molecule has 0 aromatic heterocycles. The van der Waals surface area contributed by atoms with Crippen molar-refractivity contribution >= 4 is 17.7 Å². The van der Waals surface area contributed by atoms with Crippen molar-refractivity contribution in [1.82, 2.24) is 0 Å². The summed E-state index contributed by atoms with van der Waals surface area (Å²) < 4.78 is 0. The Bertz CT molecular complexity index is 324. The maximum atomic E-state index is 10.8. The van der Waals surface area contributed by atoms with Gasteiger partial charge in [0.15, 0.2) is 0 Å². The predicted molar refractivity (Wildman–Crippen MR) is 73.6 cm³/mol. The van der Waals surface area contributed by atoms with Crippen molar-refractivity contribution in [3.63, 3.8) is 0 Å². The SMILES string of the molecule is CCC(SCCCCc1ccccc1)C(=O)O. The average Bonchev–Trinajstić information content (AvgIpc) is 2.34. The van der Waals surface area contributed by atoms with E-state index in [0.29, 0.717) is 6.42 Å². The molecule has 0 amide bonds. The summed E-state index contributed by atoms with van der Waals surface area (Å²) in [5, 5.41) is 8.66. The number of aryl methyl sites for hydroxylation is 1. The van der Waals surface area contributed by atoms with Crippen LogP contribution in [0.1, 0.15) is 31.7 Å². The first-order valence-corrected chi connectivity index (χ1v) is 7.17. The van der Waals surface area contributed by atoms with Crippen molar-refractivity contribution in [3.8, 4) is 0 Å². The van der Waals surface area contributed by atoms with Crippen molar-refractivity contribution in [2.24, 2.45) is 0 Å². The molecule has 1 atom stereocenters. The lowest BCUT2D eigenvalue weighted by molar-refractivity contribution is -0.136. The van der Waals surface area contributed by atoms with E-state index in [2.05, 4.69) is 24.3 Å². The molecule has 1 unspecified atom stereocenters. The normalized spacial score (nSPS) is 12.3. The molecule has 0 aliphatic rings. The number of unbranched alkanes of at least 4 members (excludes halogenated alkanes) is 1. The van der Waals surface area contributed by atoms with E-state index in [1.807, 2.05) is 13.0 Å². The number of carboxylic acid groups (broad SMARTS) is 1. The van der Waals surface area contributed by atoms with Gasteiger partial charge in [-0.05, 0) is 37.0 Å². The zero-order valence-electron chi connectivity index (χ0n) is 10.3. The van der Waals surface area contributed by atoms with Crippen LogP contribution in [0.15, 0.2) is 30.3 Å². The summed E-state index contributed by atoms with van der Waals surface area (Å²) in [6, 6.07) is 10.4. The number of carboxylic acids is 1. The Morgan fingerprint density at radius 2 is 2.00 bits per heavy atom. The third-order valence-electron chi connectivity index (χ3n) is 2.67. The van der Waals surface area contributed by atoms with Gasteiger partial charge in [-0.1, -0.05) is 37.3 Å². The molecule has 0 aliphatic carbocycles. The lowest BCUT2D eigenvalue weighted by atomic mass is 10.1. The molecule has 0 fully saturated rings. The number of rotatable bonds is 8. The first-order valence-electron chi connectivity index (χ1n) is 6.12. The molecule has 94 valence electrons. The molecule has 1 N–H and O–H groups in total. The van der Waals surface area contributed by atoms with Crippen molar-refractivity contribution in [1.29, 1.82) is 0 Å². The van der Waals surface area contributed by atoms with Crippen molar-refractivity contribution in [2.75, 3.05) is 5.75 Å². The molecule has 0 bridgehead atoms. The zero-order valence-corrected chi connectivity index (χ0v) is 11.1. The van der Waals surface area contributed by atoms with Crippen molar-refractivity contribution in [3.05, 3.63) is 35.9 Å². The molecule has 1 aromatic rings. The molecule has 17 heavy (non-hydrogen) atoms. The minimum atomic E-state index is -0.680. The first-order chi connectivity index (χ1) is 8.24. The second-order valence-electron chi connectivity index (χ2n) is 4.05. The van der Waals surface area contributed by atoms with Crippen molar-refractivity contribution in [2.45, 2.75) is 37.9 Å². The molecule has 0 spiro atoms. The van der Waals surface area contributed by atoms with E-state index in [0.717, 1.165) is 25.0 Å². The Kier molecular flexibility index (Phi) is 6.78. The number of benzene rings is 1. The number of aliphatic carboxylic acids is 1. The molecular weight excluding hydrogens is 232 g/mol. The number of hydrogen-bond acceptors (Lipinski definition) is 2. The molecule has 0 heterocycles. The lowest BCUT2D eigenvalue weighted by Gasteiger charge is -2.08. The van der Waals surface area contributed by atoms with E-state index < -0.39 is 5.97 Å². The molecule has 2 nitrogen and oxygen atoms in total.